The van der Waals surface area contributed by atoms with Gasteiger partial charge in [0, 0.05) is 24.7 Å². The lowest BCUT2D eigenvalue weighted by Gasteiger charge is -2.24. The third-order valence-corrected chi connectivity index (χ3v) is 5.63. The molecule has 138 valence electrons. The van der Waals surface area contributed by atoms with Gasteiger partial charge in [0.1, 0.15) is 9.88 Å². The molecular formula is C19H16ClN3O3S. The van der Waals surface area contributed by atoms with Gasteiger partial charge in [0.2, 0.25) is 0 Å². The number of carbonyl (C=O) groups is 1. The number of aromatic nitrogens is 1. The number of hydrogen-bond donors (Lipinski definition) is 0. The average Bonchev–Trinajstić information content (AvgIpc) is 3.16. The van der Waals surface area contributed by atoms with Crippen molar-refractivity contribution in [3.8, 4) is 10.6 Å². The van der Waals surface area contributed by atoms with Gasteiger partial charge in [0.25, 0.3) is 11.6 Å². The van der Waals surface area contributed by atoms with Gasteiger partial charge in [-0.3, -0.25) is 14.9 Å². The molecule has 3 rings (SSSR count). The van der Waals surface area contributed by atoms with Gasteiger partial charge in [-0.15, -0.1) is 11.3 Å². The summed E-state index contributed by atoms with van der Waals surface area (Å²) in [5, 5.41) is 12.2. The quantitative estimate of drug-likeness (QED) is 0.434. The zero-order valence-corrected chi connectivity index (χ0v) is 16.2. The van der Waals surface area contributed by atoms with Gasteiger partial charge in [-0.05, 0) is 18.6 Å². The van der Waals surface area contributed by atoms with Crippen molar-refractivity contribution in [2.75, 3.05) is 7.05 Å². The molecule has 6 nitrogen and oxygen atoms in total. The molecule has 0 bridgehead atoms. The van der Waals surface area contributed by atoms with E-state index >= 15 is 0 Å². The van der Waals surface area contributed by atoms with E-state index in [0.29, 0.717) is 20.5 Å². The number of nitro groups is 1. The zero-order chi connectivity index (χ0) is 19.6. The maximum atomic E-state index is 12.8. The number of thiazole rings is 1. The summed E-state index contributed by atoms with van der Waals surface area (Å²) in [5.74, 6) is -0.204. The number of amides is 1. The topological polar surface area (TPSA) is 76.3 Å². The van der Waals surface area contributed by atoms with E-state index in [9.17, 15) is 14.9 Å². The van der Waals surface area contributed by atoms with Crippen molar-refractivity contribution in [1.82, 2.24) is 9.88 Å². The van der Waals surface area contributed by atoms with E-state index in [-0.39, 0.29) is 17.6 Å². The number of carbonyl (C=O) groups excluding carboxylic acids is 1. The highest BCUT2D eigenvalue weighted by Crippen LogP contribution is 2.32. The van der Waals surface area contributed by atoms with Crippen molar-refractivity contribution in [2.24, 2.45) is 0 Å². The molecule has 0 N–H and O–H groups in total. The first kappa shape index (κ1) is 19.0. The average molecular weight is 402 g/mol. The normalized spacial score (nSPS) is 11.8. The molecule has 0 aliphatic rings. The van der Waals surface area contributed by atoms with Gasteiger partial charge in [0.15, 0.2) is 0 Å². The van der Waals surface area contributed by atoms with Crippen LogP contribution in [0.3, 0.4) is 0 Å². The van der Waals surface area contributed by atoms with Crippen LogP contribution in [-0.4, -0.2) is 27.8 Å². The lowest BCUT2D eigenvalue weighted by molar-refractivity contribution is -0.384. The van der Waals surface area contributed by atoms with E-state index in [0.717, 1.165) is 5.56 Å². The van der Waals surface area contributed by atoms with Gasteiger partial charge < -0.3 is 4.90 Å². The summed E-state index contributed by atoms with van der Waals surface area (Å²) < 4.78 is 0. The Bertz CT molecular complexity index is 1010. The third kappa shape index (κ3) is 3.99. The molecule has 1 amide bonds. The van der Waals surface area contributed by atoms with Crippen LogP contribution in [0, 0.1) is 10.1 Å². The Morgan fingerprint density at radius 2 is 2.00 bits per heavy atom. The fourth-order valence-electron chi connectivity index (χ4n) is 2.60. The van der Waals surface area contributed by atoms with Crippen molar-refractivity contribution >= 4 is 34.5 Å². The molecule has 2 aromatic carbocycles. The molecule has 1 unspecified atom stereocenters. The van der Waals surface area contributed by atoms with Crippen LogP contribution in [0.4, 0.5) is 5.69 Å². The van der Waals surface area contributed by atoms with Gasteiger partial charge in [-0.1, -0.05) is 41.9 Å². The summed E-state index contributed by atoms with van der Waals surface area (Å²) in [4.78, 5) is 29.7. The van der Waals surface area contributed by atoms with Crippen LogP contribution in [0.5, 0.6) is 0 Å². The van der Waals surface area contributed by atoms with Crippen LogP contribution in [-0.2, 0) is 0 Å². The van der Waals surface area contributed by atoms with Gasteiger partial charge in [0.05, 0.1) is 22.2 Å². The minimum Gasteiger partial charge on any atom is -0.334 e. The maximum absolute atomic E-state index is 12.8. The summed E-state index contributed by atoms with van der Waals surface area (Å²) in [6.07, 6.45) is 1.53. The SMILES string of the molecule is CC(c1cccc([N+](=O)[O-])c1)N(C)C(=O)c1cnc(-c2ccccc2Cl)s1. The highest BCUT2D eigenvalue weighted by Gasteiger charge is 2.22. The second-order valence-corrected chi connectivity index (χ2v) is 7.39. The Morgan fingerprint density at radius 1 is 1.26 bits per heavy atom. The molecule has 0 aliphatic heterocycles. The summed E-state index contributed by atoms with van der Waals surface area (Å²) in [7, 11) is 1.67. The van der Waals surface area contributed by atoms with Crippen molar-refractivity contribution < 1.29 is 9.72 Å². The largest absolute Gasteiger partial charge is 0.334 e. The third-order valence-electron chi connectivity index (χ3n) is 4.29. The molecule has 0 fully saturated rings. The first-order chi connectivity index (χ1) is 12.9. The Morgan fingerprint density at radius 3 is 2.70 bits per heavy atom. The summed E-state index contributed by atoms with van der Waals surface area (Å²) in [6.45, 7) is 1.83. The number of non-ortho nitro benzene ring substituents is 1. The molecular weight excluding hydrogens is 386 g/mol. The zero-order valence-electron chi connectivity index (χ0n) is 14.6. The van der Waals surface area contributed by atoms with Crippen LogP contribution in [0.15, 0.2) is 54.7 Å². The Labute approximate surface area is 165 Å². The highest BCUT2D eigenvalue weighted by atomic mass is 35.5. The first-order valence-corrected chi connectivity index (χ1v) is 9.30. The molecule has 8 heteroatoms. The Kier molecular flexibility index (Phi) is 5.53. The number of hydrogen-bond acceptors (Lipinski definition) is 5. The molecule has 0 saturated carbocycles. The molecule has 0 radical (unpaired) electrons. The minimum absolute atomic E-state index is 0.000931. The van der Waals surface area contributed by atoms with Crippen LogP contribution in [0.2, 0.25) is 5.02 Å². The predicted octanol–water partition coefficient (Wildman–Crippen LogP) is 5.20. The second-order valence-electron chi connectivity index (χ2n) is 5.95. The predicted molar refractivity (Wildman–Crippen MR) is 106 cm³/mol. The van der Waals surface area contributed by atoms with E-state index in [1.807, 2.05) is 25.1 Å². The fraction of sp³-hybridized carbons (Fsp3) is 0.158. The van der Waals surface area contributed by atoms with Gasteiger partial charge >= 0.3 is 0 Å². The van der Waals surface area contributed by atoms with E-state index in [1.54, 1.807) is 30.1 Å². The monoisotopic (exact) mass is 401 g/mol. The smallest absolute Gasteiger partial charge is 0.269 e. The first-order valence-electron chi connectivity index (χ1n) is 8.10. The van der Waals surface area contributed by atoms with Crippen molar-refractivity contribution in [3.63, 3.8) is 0 Å². The Balaban J connectivity index is 1.82. The van der Waals surface area contributed by atoms with Crippen LogP contribution < -0.4 is 0 Å². The Hall–Kier alpha value is -2.77. The minimum atomic E-state index is -0.447. The van der Waals surface area contributed by atoms with E-state index in [4.69, 9.17) is 11.6 Å². The molecule has 0 saturated heterocycles. The molecule has 27 heavy (non-hydrogen) atoms. The molecule has 3 aromatic rings. The number of rotatable bonds is 5. The molecule has 0 aliphatic carbocycles. The molecule has 1 atom stereocenters. The number of benzene rings is 2. The van der Waals surface area contributed by atoms with E-state index < -0.39 is 4.92 Å². The lowest BCUT2D eigenvalue weighted by atomic mass is 10.1. The van der Waals surface area contributed by atoms with E-state index in [1.165, 1.54) is 29.7 Å². The van der Waals surface area contributed by atoms with Crippen molar-refractivity contribution in [1.29, 1.82) is 0 Å². The fourth-order valence-corrected chi connectivity index (χ4v) is 3.82. The second kappa shape index (κ2) is 7.85. The number of nitro benzene ring substituents is 1. The molecule has 1 heterocycles. The van der Waals surface area contributed by atoms with Crippen LogP contribution in [0.25, 0.3) is 10.6 Å². The standard InChI is InChI=1S/C19H16ClN3O3S/c1-12(13-6-5-7-14(10-13)23(25)26)22(2)19(24)17-11-21-18(27-17)15-8-3-4-9-16(15)20/h3-12H,1-2H3. The summed E-state index contributed by atoms with van der Waals surface area (Å²) in [6, 6.07) is 13.3. The number of nitrogens with zero attached hydrogens (tertiary/aromatic N) is 3. The maximum Gasteiger partial charge on any atom is 0.269 e. The van der Waals surface area contributed by atoms with E-state index in [2.05, 4.69) is 4.98 Å². The van der Waals surface area contributed by atoms with Crippen LogP contribution in [0.1, 0.15) is 28.2 Å². The highest BCUT2D eigenvalue weighted by molar-refractivity contribution is 7.17. The number of halogens is 1. The molecule has 0 spiro atoms. The van der Waals surface area contributed by atoms with Gasteiger partial charge in [-0.25, -0.2) is 4.98 Å². The van der Waals surface area contributed by atoms with Gasteiger partial charge in [-0.2, -0.15) is 0 Å². The lowest BCUT2D eigenvalue weighted by Crippen LogP contribution is -2.29. The summed E-state index contributed by atoms with van der Waals surface area (Å²) >= 11 is 7.46. The summed E-state index contributed by atoms with van der Waals surface area (Å²) in [5.41, 5.74) is 1.47. The molecule has 1 aromatic heterocycles. The van der Waals surface area contributed by atoms with Crippen LogP contribution >= 0.6 is 22.9 Å². The van der Waals surface area contributed by atoms with Crippen molar-refractivity contribution in [2.45, 2.75) is 13.0 Å². The van der Waals surface area contributed by atoms with Crippen molar-refractivity contribution in [3.05, 3.63) is 80.3 Å².